The summed E-state index contributed by atoms with van der Waals surface area (Å²) in [6.07, 6.45) is 3.98. The van der Waals surface area contributed by atoms with E-state index in [2.05, 4.69) is 20.8 Å². The van der Waals surface area contributed by atoms with Crippen molar-refractivity contribution in [2.45, 2.75) is 33.2 Å². The molecule has 1 aromatic heterocycles. The third-order valence-corrected chi connectivity index (χ3v) is 3.03. The Hall–Kier alpha value is -1.09. The summed E-state index contributed by atoms with van der Waals surface area (Å²) in [6.45, 7) is 8.80. The summed E-state index contributed by atoms with van der Waals surface area (Å²) in [7, 11) is 0. The summed E-state index contributed by atoms with van der Waals surface area (Å²) in [5, 5.41) is 3.83. The van der Waals surface area contributed by atoms with E-state index in [1.54, 1.807) is 11.3 Å². The molecule has 0 bridgehead atoms. The second-order valence-corrected chi connectivity index (χ2v) is 5.45. The first-order chi connectivity index (χ1) is 7.46. The molecular weight excluding hydrogens is 218 g/mol. The van der Waals surface area contributed by atoms with Crippen LogP contribution in [-0.2, 0) is 0 Å². The zero-order chi connectivity index (χ0) is 12.2. The van der Waals surface area contributed by atoms with E-state index in [4.69, 9.17) is 0 Å². The van der Waals surface area contributed by atoms with E-state index in [9.17, 15) is 4.79 Å². The predicted octanol–water partition coefficient (Wildman–Crippen LogP) is 3.56. The normalized spacial score (nSPS) is 12.0. The molecule has 1 rings (SSSR count). The lowest BCUT2D eigenvalue weighted by Crippen LogP contribution is -2.45. The SMILES string of the molecule is C/C=C/CN(C(=O)c1ccsc1)C(C)(C)C. The molecule has 1 aromatic rings. The largest absolute Gasteiger partial charge is 0.330 e. The fourth-order valence-electron chi connectivity index (χ4n) is 1.41. The maximum absolute atomic E-state index is 12.3. The molecule has 1 amide bonds. The molecule has 0 unspecified atom stereocenters. The number of hydrogen-bond donors (Lipinski definition) is 0. The minimum absolute atomic E-state index is 0.104. The Morgan fingerprint density at radius 1 is 1.50 bits per heavy atom. The molecular formula is C13H19NOS. The Morgan fingerprint density at radius 3 is 2.62 bits per heavy atom. The van der Waals surface area contributed by atoms with Crippen molar-refractivity contribution in [3.63, 3.8) is 0 Å². The third-order valence-electron chi connectivity index (χ3n) is 2.35. The van der Waals surface area contributed by atoms with E-state index < -0.39 is 0 Å². The van der Waals surface area contributed by atoms with Gasteiger partial charge in [0.1, 0.15) is 0 Å². The minimum atomic E-state index is -0.154. The van der Waals surface area contributed by atoms with Crippen molar-refractivity contribution in [1.82, 2.24) is 4.90 Å². The highest BCUT2D eigenvalue weighted by molar-refractivity contribution is 7.08. The number of carbonyl (C=O) groups excluding carboxylic acids is 1. The number of hydrogen-bond acceptors (Lipinski definition) is 2. The second-order valence-electron chi connectivity index (χ2n) is 4.67. The van der Waals surface area contributed by atoms with Crippen molar-refractivity contribution in [2.24, 2.45) is 0 Å². The van der Waals surface area contributed by atoms with E-state index in [1.807, 2.05) is 40.8 Å². The molecule has 0 spiro atoms. The van der Waals surface area contributed by atoms with Gasteiger partial charge in [-0.15, -0.1) is 0 Å². The number of allylic oxidation sites excluding steroid dienone is 1. The summed E-state index contributed by atoms with van der Waals surface area (Å²) in [4.78, 5) is 14.1. The standard InChI is InChI=1S/C13H19NOS/c1-5-6-8-14(13(2,3)4)12(15)11-7-9-16-10-11/h5-7,9-10H,8H2,1-4H3/b6-5+. The van der Waals surface area contributed by atoms with Crippen molar-refractivity contribution in [2.75, 3.05) is 6.54 Å². The lowest BCUT2D eigenvalue weighted by atomic mass is 10.0. The van der Waals surface area contributed by atoms with Gasteiger partial charge < -0.3 is 4.90 Å². The summed E-state index contributed by atoms with van der Waals surface area (Å²) >= 11 is 1.55. The molecule has 0 atom stereocenters. The van der Waals surface area contributed by atoms with Gasteiger partial charge in [-0.05, 0) is 39.1 Å². The number of nitrogens with zero attached hydrogens (tertiary/aromatic N) is 1. The van der Waals surface area contributed by atoms with Crippen LogP contribution in [0, 0.1) is 0 Å². The zero-order valence-corrected chi connectivity index (χ0v) is 11.2. The highest BCUT2D eigenvalue weighted by Crippen LogP contribution is 2.18. The van der Waals surface area contributed by atoms with Crippen LogP contribution in [0.5, 0.6) is 0 Å². The monoisotopic (exact) mass is 237 g/mol. The molecule has 0 saturated carbocycles. The van der Waals surface area contributed by atoms with Crippen LogP contribution in [0.4, 0.5) is 0 Å². The van der Waals surface area contributed by atoms with E-state index in [-0.39, 0.29) is 11.4 Å². The average Bonchev–Trinajstić information content (AvgIpc) is 2.68. The predicted molar refractivity (Wildman–Crippen MR) is 69.9 cm³/mol. The van der Waals surface area contributed by atoms with Crippen molar-refractivity contribution in [3.8, 4) is 0 Å². The van der Waals surface area contributed by atoms with Crippen LogP contribution in [0.3, 0.4) is 0 Å². The number of thiophene rings is 1. The van der Waals surface area contributed by atoms with Crippen molar-refractivity contribution < 1.29 is 4.79 Å². The fraction of sp³-hybridized carbons (Fsp3) is 0.462. The Bertz CT molecular complexity index is 360. The number of amides is 1. The van der Waals surface area contributed by atoms with Gasteiger partial charge in [-0.2, -0.15) is 11.3 Å². The molecule has 2 nitrogen and oxygen atoms in total. The highest BCUT2D eigenvalue weighted by atomic mass is 32.1. The molecule has 3 heteroatoms. The zero-order valence-electron chi connectivity index (χ0n) is 10.4. The van der Waals surface area contributed by atoms with Crippen molar-refractivity contribution >= 4 is 17.2 Å². The van der Waals surface area contributed by atoms with Gasteiger partial charge in [-0.3, -0.25) is 4.79 Å². The highest BCUT2D eigenvalue weighted by Gasteiger charge is 2.26. The lowest BCUT2D eigenvalue weighted by molar-refractivity contribution is 0.0617. The quantitative estimate of drug-likeness (QED) is 0.736. The van der Waals surface area contributed by atoms with Gasteiger partial charge in [0.05, 0.1) is 5.56 Å². The summed E-state index contributed by atoms with van der Waals surface area (Å²) < 4.78 is 0. The van der Waals surface area contributed by atoms with Crippen LogP contribution < -0.4 is 0 Å². The van der Waals surface area contributed by atoms with Gasteiger partial charge in [-0.25, -0.2) is 0 Å². The Balaban J connectivity index is 2.89. The van der Waals surface area contributed by atoms with E-state index >= 15 is 0 Å². The number of carbonyl (C=O) groups is 1. The number of rotatable bonds is 3. The first kappa shape index (κ1) is 13.0. The summed E-state index contributed by atoms with van der Waals surface area (Å²) in [5.41, 5.74) is 0.628. The van der Waals surface area contributed by atoms with Crippen LogP contribution in [0.1, 0.15) is 38.1 Å². The van der Waals surface area contributed by atoms with Crippen molar-refractivity contribution in [3.05, 3.63) is 34.5 Å². The molecule has 0 aliphatic heterocycles. The first-order valence-corrected chi connectivity index (χ1v) is 6.36. The molecule has 0 N–H and O–H groups in total. The molecule has 0 aromatic carbocycles. The maximum Gasteiger partial charge on any atom is 0.255 e. The Morgan fingerprint density at radius 2 is 2.19 bits per heavy atom. The van der Waals surface area contributed by atoms with Gasteiger partial charge in [-0.1, -0.05) is 12.2 Å². The minimum Gasteiger partial charge on any atom is -0.330 e. The van der Waals surface area contributed by atoms with Gasteiger partial charge in [0.25, 0.3) is 5.91 Å². The molecule has 0 aliphatic rings. The maximum atomic E-state index is 12.3. The van der Waals surface area contributed by atoms with Gasteiger partial charge in [0.2, 0.25) is 0 Å². The smallest absolute Gasteiger partial charge is 0.255 e. The Kier molecular flexibility index (Phi) is 4.30. The molecule has 0 fully saturated rings. The summed E-state index contributed by atoms with van der Waals surface area (Å²) in [5.74, 6) is 0.104. The summed E-state index contributed by atoms with van der Waals surface area (Å²) in [6, 6.07) is 1.88. The molecule has 16 heavy (non-hydrogen) atoms. The van der Waals surface area contributed by atoms with Crippen LogP contribution in [-0.4, -0.2) is 22.9 Å². The van der Waals surface area contributed by atoms with Gasteiger partial charge in [0.15, 0.2) is 0 Å². The average molecular weight is 237 g/mol. The Labute approximate surface area is 102 Å². The molecule has 0 radical (unpaired) electrons. The van der Waals surface area contributed by atoms with Gasteiger partial charge in [0, 0.05) is 17.5 Å². The second kappa shape index (κ2) is 5.30. The van der Waals surface area contributed by atoms with Crippen LogP contribution in [0.25, 0.3) is 0 Å². The molecule has 0 aliphatic carbocycles. The topological polar surface area (TPSA) is 20.3 Å². The van der Waals surface area contributed by atoms with E-state index in [0.717, 1.165) is 5.56 Å². The van der Waals surface area contributed by atoms with E-state index in [0.29, 0.717) is 6.54 Å². The lowest BCUT2D eigenvalue weighted by Gasteiger charge is -2.34. The fourth-order valence-corrected chi connectivity index (χ4v) is 2.04. The molecule has 0 saturated heterocycles. The van der Waals surface area contributed by atoms with E-state index in [1.165, 1.54) is 0 Å². The van der Waals surface area contributed by atoms with Crippen LogP contribution in [0.15, 0.2) is 29.0 Å². The van der Waals surface area contributed by atoms with Crippen molar-refractivity contribution in [1.29, 1.82) is 0 Å². The van der Waals surface area contributed by atoms with Gasteiger partial charge >= 0.3 is 0 Å². The first-order valence-electron chi connectivity index (χ1n) is 5.42. The molecule has 88 valence electrons. The van der Waals surface area contributed by atoms with Crippen LogP contribution in [0.2, 0.25) is 0 Å². The van der Waals surface area contributed by atoms with Crippen LogP contribution >= 0.6 is 11.3 Å². The third kappa shape index (κ3) is 3.20. The molecule has 1 heterocycles.